The molecule has 1 fully saturated rings. The van der Waals surface area contributed by atoms with Crippen LogP contribution in [0.4, 0.5) is 0 Å². The van der Waals surface area contributed by atoms with Crippen molar-refractivity contribution >= 4 is 9.84 Å². The first-order valence-electron chi connectivity index (χ1n) is 3.58. The Labute approximate surface area is 67.2 Å². The Hall–Kier alpha value is -0.350. The van der Waals surface area contributed by atoms with Crippen LogP contribution < -0.4 is 5.73 Å². The van der Waals surface area contributed by atoms with E-state index >= 15 is 0 Å². The van der Waals surface area contributed by atoms with E-state index < -0.39 is 9.84 Å². The second kappa shape index (κ2) is 2.95. The Morgan fingerprint density at radius 3 is 2.55 bits per heavy atom. The highest BCUT2D eigenvalue weighted by Crippen LogP contribution is 2.23. The average molecular weight is 175 g/mol. The van der Waals surface area contributed by atoms with Crippen molar-refractivity contribution in [3.05, 3.63) is 11.6 Å². The monoisotopic (exact) mass is 175 g/mol. The molecule has 0 amide bonds. The van der Waals surface area contributed by atoms with Gasteiger partial charge in [-0.05, 0) is 12.8 Å². The fourth-order valence-corrected chi connectivity index (χ4v) is 1.59. The zero-order chi connectivity index (χ0) is 8.48. The van der Waals surface area contributed by atoms with Crippen LogP contribution in [0.15, 0.2) is 11.6 Å². The average Bonchev–Trinajstić information content (AvgIpc) is 1.75. The number of sulfone groups is 1. The van der Waals surface area contributed by atoms with Gasteiger partial charge in [0.2, 0.25) is 0 Å². The van der Waals surface area contributed by atoms with Gasteiger partial charge in [-0.3, -0.25) is 0 Å². The Kier molecular flexibility index (Phi) is 2.34. The lowest BCUT2D eigenvalue weighted by Crippen LogP contribution is -2.30. The van der Waals surface area contributed by atoms with Gasteiger partial charge in [0.25, 0.3) is 0 Å². The van der Waals surface area contributed by atoms with E-state index in [9.17, 15) is 8.42 Å². The fraction of sp³-hybridized carbons (Fsp3) is 0.714. The predicted molar refractivity (Wildman–Crippen MR) is 45.0 cm³/mol. The molecule has 0 spiro atoms. The SMILES string of the molecule is CS(=O)(=O)CC=C1CC(N)C1. The summed E-state index contributed by atoms with van der Waals surface area (Å²) in [4.78, 5) is 0. The summed E-state index contributed by atoms with van der Waals surface area (Å²) in [5, 5.41) is 0. The molecule has 64 valence electrons. The molecule has 0 aliphatic heterocycles. The molecule has 0 aromatic heterocycles. The minimum Gasteiger partial charge on any atom is -0.327 e. The largest absolute Gasteiger partial charge is 0.327 e. The summed E-state index contributed by atoms with van der Waals surface area (Å²) in [5.74, 6) is 0.162. The maximum atomic E-state index is 10.7. The van der Waals surface area contributed by atoms with Crippen molar-refractivity contribution in [2.45, 2.75) is 18.9 Å². The topological polar surface area (TPSA) is 60.2 Å². The molecule has 4 heteroatoms. The summed E-state index contributed by atoms with van der Waals surface area (Å²) in [7, 11) is -2.83. The Bertz CT molecular complexity index is 258. The molecule has 0 heterocycles. The second-order valence-electron chi connectivity index (χ2n) is 3.12. The van der Waals surface area contributed by atoms with Crippen LogP contribution in [0.2, 0.25) is 0 Å². The van der Waals surface area contributed by atoms with E-state index in [2.05, 4.69) is 0 Å². The standard InChI is InChI=1S/C7H13NO2S/c1-11(9,10)3-2-6-4-7(8)5-6/h2,7H,3-5,8H2,1H3. The van der Waals surface area contributed by atoms with Gasteiger partial charge in [-0.25, -0.2) is 8.42 Å². The molecule has 11 heavy (non-hydrogen) atoms. The van der Waals surface area contributed by atoms with E-state index in [-0.39, 0.29) is 11.8 Å². The van der Waals surface area contributed by atoms with Crippen molar-refractivity contribution in [2.24, 2.45) is 5.73 Å². The van der Waals surface area contributed by atoms with Crippen LogP contribution in [-0.2, 0) is 9.84 Å². The van der Waals surface area contributed by atoms with Gasteiger partial charge in [0.1, 0.15) is 0 Å². The van der Waals surface area contributed by atoms with Crippen LogP contribution in [0, 0.1) is 0 Å². The summed E-state index contributed by atoms with van der Waals surface area (Å²) in [6, 6.07) is 0.265. The Morgan fingerprint density at radius 2 is 2.18 bits per heavy atom. The third-order valence-corrected chi connectivity index (χ3v) is 2.50. The van der Waals surface area contributed by atoms with E-state index in [1.165, 1.54) is 11.8 Å². The van der Waals surface area contributed by atoms with Crippen LogP contribution in [0.25, 0.3) is 0 Å². The van der Waals surface area contributed by atoms with Gasteiger partial charge in [-0.1, -0.05) is 11.6 Å². The molecule has 0 aromatic rings. The van der Waals surface area contributed by atoms with Gasteiger partial charge in [0.15, 0.2) is 9.84 Å². The van der Waals surface area contributed by atoms with Gasteiger partial charge in [-0.15, -0.1) is 0 Å². The molecule has 0 saturated heterocycles. The fourth-order valence-electron chi connectivity index (χ4n) is 1.05. The van der Waals surface area contributed by atoms with Crippen molar-refractivity contribution in [2.75, 3.05) is 12.0 Å². The lowest BCUT2D eigenvalue weighted by atomic mass is 9.87. The van der Waals surface area contributed by atoms with Crippen LogP contribution >= 0.6 is 0 Å². The molecule has 1 saturated carbocycles. The van der Waals surface area contributed by atoms with Crippen molar-refractivity contribution in [1.82, 2.24) is 0 Å². The number of hydrogen-bond acceptors (Lipinski definition) is 3. The first-order chi connectivity index (χ1) is 4.97. The zero-order valence-corrected chi connectivity index (χ0v) is 7.39. The smallest absolute Gasteiger partial charge is 0.151 e. The maximum Gasteiger partial charge on any atom is 0.151 e. The molecule has 0 bridgehead atoms. The Morgan fingerprint density at radius 1 is 1.64 bits per heavy atom. The molecule has 0 unspecified atom stereocenters. The molecule has 0 aromatic carbocycles. The van der Waals surface area contributed by atoms with Crippen molar-refractivity contribution < 1.29 is 8.42 Å². The molecule has 1 rings (SSSR count). The molecular weight excluding hydrogens is 162 g/mol. The van der Waals surface area contributed by atoms with E-state index in [4.69, 9.17) is 5.73 Å². The second-order valence-corrected chi connectivity index (χ2v) is 5.31. The Balaban J connectivity index is 2.39. The molecular formula is C7H13NO2S. The summed E-state index contributed by atoms with van der Waals surface area (Å²) in [6.45, 7) is 0. The van der Waals surface area contributed by atoms with Crippen molar-refractivity contribution in [3.8, 4) is 0 Å². The quantitative estimate of drug-likeness (QED) is 0.604. The van der Waals surface area contributed by atoms with Gasteiger partial charge in [0.05, 0.1) is 5.75 Å². The summed E-state index contributed by atoms with van der Waals surface area (Å²) in [6.07, 6.45) is 4.76. The van der Waals surface area contributed by atoms with E-state index in [0.717, 1.165) is 12.8 Å². The molecule has 0 atom stereocenters. The highest BCUT2D eigenvalue weighted by Gasteiger charge is 2.18. The molecule has 2 N–H and O–H groups in total. The van der Waals surface area contributed by atoms with Crippen LogP contribution in [0.3, 0.4) is 0 Å². The highest BCUT2D eigenvalue weighted by atomic mass is 32.2. The number of hydrogen-bond donors (Lipinski definition) is 1. The number of nitrogens with two attached hydrogens (primary N) is 1. The van der Waals surface area contributed by atoms with Gasteiger partial charge >= 0.3 is 0 Å². The molecule has 3 nitrogen and oxygen atoms in total. The van der Waals surface area contributed by atoms with Crippen LogP contribution in [0.1, 0.15) is 12.8 Å². The molecule has 1 aliphatic carbocycles. The predicted octanol–water partition coefficient (Wildman–Crippen LogP) is 0.0785. The third kappa shape index (κ3) is 3.03. The molecule has 1 aliphatic rings. The lowest BCUT2D eigenvalue weighted by Gasteiger charge is -2.24. The van der Waals surface area contributed by atoms with Crippen LogP contribution in [-0.4, -0.2) is 26.5 Å². The minimum atomic E-state index is -2.83. The van der Waals surface area contributed by atoms with E-state index in [1.807, 2.05) is 0 Å². The number of rotatable bonds is 2. The van der Waals surface area contributed by atoms with E-state index in [1.54, 1.807) is 6.08 Å². The highest BCUT2D eigenvalue weighted by molar-refractivity contribution is 7.90. The zero-order valence-electron chi connectivity index (χ0n) is 6.58. The van der Waals surface area contributed by atoms with Crippen LogP contribution in [0.5, 0.6) is 0 Å². The first kappa shape index (κ1) is 8.74. The summed E-state index contributed by atoms with van der Waals surface area (Å²) >= 11 is 0. The van der Waals surface area contributed by atoms with Crippen molar-refractivity contribution in [3.63, 3.8) is 0 Å². The normalized spacial score (nSPS) is 24.5. The molecule has 0 radical (unpaired) electrons. The minimum absolute atomic E-state index is 0.162. The summed E-state index contributed by atoms with van der Waals surface area (Å²) < 4.78 is 21.4. The van der Waals surface area contributed by atoms with Gasteiger partial charge in [-0.2, -0.15) is 0 Å². The van der Waals surface area contributed by atoms with Gasteiger partial charge < -0.3 is 5.73 Å². The third-order valence-electron chi connectivity index (χ3n) is 1.72. The lowest BCUT2D eigenvalue weighted by molar-refractivity contribution is 0.540. The van der Waals surface area contributed by atoms with E-state index in [0.29, 0.717) is 0 Å². The maximum absolute atomic E-state index is 10.7. The van der Waals surface area contributed by atoms with Gasteiger partial charge in [0, 0.05) is 12.3 Å². The van der Waals surface area contributed by atoms with Crippen molar-refractivity contribution in [1.29, 1.82) is 0 Å². The first-order valence-corrected chi connectivity index (χ1v) is 5.64. The summed E-state index contributed by atoms with van der Waals surface area (Å²) in [5.41, 5.74) is 6.70.